The molecule has 1 saturated carbocycles. The normalized spacial score (nSPS) is 18.6. The van der Waals surface area contributed by atoms with Crippen molar-refractivity contribution in [2.75, 3.05) is 39.3 Å². The second kappa shape index (κ2) is 9.95. The van der Waals surface area contributed by atoms with Gasteiger partial charge in [-0.05, 0) is 19.8 Å². The minimum absolute atomic E-state index is 0. The summed E-state index contributed by atoms with van der Waals surface area (Å²) in [5, 5.41) is 10.2. The Morgan fingerprint density at radius 2 is 2.12 bits per heavy atom. The molecule has 2 fully saturated rings. The molecule has 25 heavy (non-hydrogen) atoms. The number of amides is 1. The van der Waals surface area contributed by atoms with Crippen molar-refractivity contribution in [3.05, 3.63) is 18.0 Å². The molecule has 2 aliphatic rings. The van der Waals surface area contributed by atoms with Gasteiger partial charge in [0.2, 0.25) is 5.91 Å². The molecule has 0 atom stereocenters. The fourth-order valence-electron chi connectivity index (χ4n) is 2.74. The Kier molecular flexibility index (Phi) is 7.94. The number of rotatable bonds is 6. The zero-order chi connectivity index (χ0) is 16.8. The third-order valence-corrected chi connectivity index (χ3v) is 4.20. The van der Waals surface area contributed by atoms with Gasteiger partial charge in [-0.25, -0.2) is 4.99 Å². The lowest BCUT2D eigenvalue weighted by Crippen LogP contribution is -2.52. The maximum Gasteiger partial charge on any atom is 0.242 e. The van der Waals surface area contributed by atoms with E-state index in [9.17, 15) is 4.79 Å². The van der Waals surface area contributed by atoms with Crippen molar-refractivity contribution in [3.63, 3.8) is 0 Å². The van der Waals surface area contributed by atoms with Crippen LogP contribution in [0.25, 0.3) is 0 Å². The molecule has 8 nitrogen and oxygen atoms in total. The summed E-state index contributed by atoms with van der Waals surface area (Å²) in [5.41, 5.74) is 0.959. The molecule has 0 bridgehead atoms. The summed E-state index contributed by atoms with van der Waals surface area (Å²) in [4.78, 5) is 20.9. The fraction of sp³-hybridized carbons (Fsp3) is 0.688. The Hall–Kier alpha value is -1.36. The van der Waals surface area contributed by atoms with Crippen LogP contribution in [0.3, 0.4) is 0 Å². The van der Waals surface area contributed by atoms with E-state index < -0.39 is 0 Å². The van der Waals surface area contributed by atoms with Gasteiger partial charge in [0.1, 0.15) is 12.8 Å². The van der Waals surface area contributed by atoms with Crippen molar-refractivity contribution in [2.24, 2.45) is 4.99 Å². The van der Waals surface area contributed by atoms with Crippen LogP contribution >= 0.6 is 24.0 Å². The first-order valence-corrected chi connectivity index (χ1v) is 8.69. The molecule has 1 aliphatic heterocycles. The Morgan fingerprint density at radius 3 is 2.72 bits per heavy atom. The number of aliphatic imine (C=N–C) groups is 1. The van der Waals surface area contributed by atoms with Crippen LogP contribution in [-0.4, -0.2) is 72.1 Å². The van der Waals surface area contributed by atoms with Crippen molar-refractivity contribution >= 4 is 35.8 Å². The number of hydrogen-bond donors (Lipinski definition) is 2. The van der Waals surface area contributed by atoms with Gasteiger partial charge in [-0.2, -0.15) is 0 Å². The van der Waals surface area contributed by atoms with Crippen molar-refractivity contribution in [3.8, 4) is 0 Å². The highest BCUT2D eigenvalue weighted by Gasteiger charge is 2.24. The predicted molar refractivity (Wildman–Crippen MR) is 106 cm³/mol. The number of carbonyl (C=O) groups excluding carboxylic acids is 1. The van der Waals surface area contributed by atoms with Gasteiger partial charge in [-0.3, -0.25) is 9.69 Å². The Morgan fingerprint density at radius 1 is 1.36 bits per heavy atom. The number of nitrogens with one attached hydrogen (secondary N) is 2. The van der Waals surface area contributed by atoms with Crippen LogP contribution in [0.2, 0.25) is 0 Å². The minimum atomic E-state index is 0. The van der Waals surface area contributed by atoms with E-state index in [-0.39, 0.29) is 36.4 Å². The van der Waals surface area contributed by atoms with E-state index in [1.807, 2.05) is 13.0 Å². The predicted octanol–water partition coefficient (Wildman–Crippen LogP) is 0.654. The molecule has 3 rings (SSSR count). The van der Waals surface area contributed by atoms with E-state index in [0.29, 0.717) is 6.04 Å². The zero-order valence-electron chi connectivity index (χ0n) is 14.6. The number of nitrogens with zero attached hydrogens (tertiary/aromatic N) is 4. The van der Waals surface area contributed by atoms with Gasteiger partial charge in [0.25, 0.3) is 0 Å². The maximum absolute atomic E-state index is 11.8. The molecule has 1 saturated heterocycles. The van der Waals surface area contributed by atoms with Crippen molar-refractivity contribution in [2.45, 2.75) is 32.4 Å². The molecule has 0 radical (unpaired) electrons. The highest BCUT2D eigenvalue weighted by molar-refractivity contribution is 14.0. The first-order chi connectivity index (χ1) is 11.7. The van der Waals surface area contributed by atoms with Crippen LogP contribution in [-0.2, 0) is 11.3 Å². The van der Waals surface area contributed by atoms with Gasteiger partial charge >= 0.3 is 0 Å². The summed E-state index contributed by atoms with van der Waals surface area (Å²) < 4.78 is 4.88. The molecule has 0 spiro atoms. The number of aromatic nitrogens is 1. The van der Waals surface area contributed by atoms with Crippen LogP contribution in [0.5, 0.6) is 0 Å². The number of carbonyl (C=O) groups is 1. The number of piperazine rings is 1. The van der Waals surface area contributed by atoms with Crippen molar-refractivity contribution < 1.29 is 9.32 Å². The summed E-state index contributed by atoms with van der Waals surface area (Å²) in [5.74, 6) is 0.835. The van der Waals surface area contributed by atoms with Crippen LogP contribution in [0.4, 0.5) is 0 Å². The molecule has 1 aliphatic carbocycles. The van der Waals surface area contributed by atoms with Gasteiger partial charge < -0.3 is 20.1 Å². The topological polar surface area (TPSA) is 86.0 Å². The standard InChI is InChI=1S/C16H26N6O2.HI/c1-2-17-16(18-11-15(23)19-13-3-4-13)22-8-6-21(7-9-22)12-14-5-10-24-20-14;/h5,10,13H,2-4,6-9,11-12H2,1H3,(H,17,18)(H,19,23);1H. The molecular weight excluding hydrogens is 435 g/mol. The molecule has 2 heterocycles. The number of hydrogen-bond acceptors (Lipinski definition) is 5. The largest absolute Gasteiger partial charge is 0.364 e. The van der Waals surface area contributed by atoms with Crippen LogP contribution < -0.4 is 10.6 Å². The molecule has 1 aromatic rings. The van der Waals surface area contributed by atoms with E-state index in [2.05, 4.69) is 30.6 Å². The highest BCUT2D eigenvalue weighted by atomic mass is 127. The first-order valence-electron chi connectivity index (χ1n) is 8.69. The molecule has 140 valence electrons. The smallest absolute Gasteiger partial charge is 0.242 e. The summed E-state index contributed by atoms with van der Waals surface area (Å²) in [6, 6.07) is 2.28. The Labute approximate surface area is 165 Å². The maximum atomic E-state index is 11.8. The quantitative estimate of drug-likeness (QED) is 0.367. The summed E-state index contributed by atoms with van der Waals surface area (Å²) in [6.45, 7) is 7.47. The zero-order valence-corrected chi connectivity index (χ0v) is 16.9. The van der Waals surface area contributed by atoms with Crippen LogP contribution in [0, 0.1) is 0 Å². The average molecular weight is 462 g/mol. The lowest BCUT2D eigenvalue weighted by atomic mass is 10.3. The monoisotopic (exact) mass is 462 g/mol. The van der Waals surface area contributed by atoms with Gasteiger partial charge in [0.05, 0.1) is 5.69 Å². The SMILES string of the molecule is CCNC(=NCC(=O)NC1CC1)N1CCN(Cc2ccon2)CC1.I. The van der Waals surface area contributed by atoms with Gasteiger partial charge in [0, 0.05) is 51.4 Å². The summed E-state index contributed by atoms with van der Waals surface area (Å²) in [7, 11) is 0. The summed E-state index contributed by atoms with van der Waals surface area (Å²) >= 11 is 0. The van der Waals surface area contributed by atoms with Gasteiger partial charge in [0.15, 0.2) is 5.96 Å². The van der Waals surface area contributed by atoms with Crippen molar-refractivity contribution in [1.29, 1.82) is 0 Å². The molecule has 1 aromatic heterocycles. The number of guanidine groups is 1. The minimum Gasteiger partial charge on any atom is -0.364 e. The molecule has 0 aromatic carbocycles. The fourth-order valence-corrected chi connectivity index (χ4v) is 2.74. The lowest BCUT2D eigenvalue weighted by Gasteiger charge is -2.36. The highest BCUT2D eigenvalue weighted by Crippen LogP contribution is 2.18. The van der Waals surface area contributed by atoms with E-state index in [1.54, 1.807) is 6.26 Å². The molecular formula is C16H27IN6O2. The summed E-state index contributed by atoms with van der Waals surface area (Å²) in [6.07, 6.45) is 3.81. The Bertz CT molecular complexity index is 553. The van der Waals surface area contributed by atoms with E-state index in [0.717, 1.165) is 63.8 Å². The third kappa shape index (κ3) is 6.46. The molecule has 0 unspecified atom stereocenters. The van der Waals surface area contributed by atoms with Crippen LogP contribution in [0.1, 0.15) is 25.5 Å². The van der Waals surface area contributed by atoms with Gasteiger partial charge in [-0.15, -0.1) is 24.0 Å². The van der Waals surface area contributed by atoms with Gasteiger partial charge in [-0.1, -0.05) is 5.16 Å². The lowest BCUT2D eigenvalue weighted by molar-refractivity contribution is -0.119. The van der Waals surface area contributed by atoms with E-state index in [1.165, 1.54) is 0 Å². The number of halogens is 1. The van der Waals surface area contributed by atoms with E-state index in [4.69, 9.17) is 4.52 Å². The first kappa shape index (κ1) is 20.0. The average Bonchev–Trinajstić information content (AvgIpc) is 3.25. The third-order valence-electron chi connectivity index (χ3n) is 4.20. The molecule has 1 amide bonds. The van der Waals surface area contributed by atoms with E-state index >= 15 is 0 Å². The second-order valence-corrected chi connectivity index (χ2v) is 6.27. The van der Waals surface area contributed by atoms with Crippen LogP contribution in [0.15, 0.2) is 21.8 Å². The molecule has 2 N–H and O–H groups in total. The molecule has 9 heteroatoms. The Balaban J connectivity index is 0.00000225. The van der Waals surface area contributed by atoms with Crippen molar-refractivity contribution in [1.82, 2.24) is 25.6 Å². The second-order valence-electron chi connectivity index (χ2n) is 6.27.